The molecule has 0 N–H and O–H groups in total. The van der Waals surface area contributed by atoms with Gasteiger partial charge < -0.3 is 9.80 Å². The lowest BCUT2D eigenvalue weighted by Crippen LogP contribution is -2.47. The lowest BCUT2D eigenvalue weighted by molar-refractivity contribution is 0.106. The first kappa shape index (κ1) is 13.3. The van der Waals surface area contributed by atoms with Gasteiger partial charge in [-0.2, -0.15) is 12.6 Å². The standard InChI is InChI=1S/C12H26N2S/c1-12(2,10-15)9-14(4)11-6-5-7-13(3)8-11/h11,15H,5-10H2,1-4H3. The number of hydrogen-bond donors (Lipinski definition) is 1. The van der Waals surface area contributed by atoms with E-state index >= 15 is 0 Å². The van der Waals surface area contributed by atoms with Gasteiger partial charge in [-0.05, 0) is 44.6 Å². The van der Waals surface area contributed by atoms with Crippen molar-refractivity contribution >= 4 is 12.6 Å². The van der Waals surface area contributed by atoms with Crippen molar-refractivity contribution in [3.63, 3.8) is 0 Å². The molecular weight excluding hydrogens is 204 g/mol. The van der Waals surface area contributed by atoms with E-state index in [1.165, 1.54) is 25.9 Å². The number of likely N-dealkylation sites (tertiary alicyclic amines) is 1. The monoisotopic (exact) mass is 230 g/mol. The third kappa shape index (κ3) is 4.33. The highest BCUT2D eigenvalue weighted by molar-refractivity contribution is 7.80. The van der Waals surface area contributed by atoms with E-state index in [0.29, 0.717) is 5.41 Å². The van der Waals surface area contributed by atoms with Gasteiger partial charge >= 0.3 is 0 Å². The van der Waals surface area contributed by atoms with Crippen molar-refractivity contribution in [1.82, 2.24) is 9.80 Å². The van der Waals surface area contributed by atoms with Crippen LogP contribution >= 0.6 is 12.6 Å². The minimum absolute atomic E-state index is 0.327. The van der Waals surface area contributed by atoms with Gasteiger partial charge in [0.05, 0.1) is 0 Å². The molecule has 1 aliphatic rings. The number of thiol groups is 1. The second-order valence-electron chi connectivity index (χ2n) is 5.80. The average Bonchev–Trinajstić information content (AvgIpc) is 2.17. The van der Waals surface area contributed by atoms with Crippen LogP contribution in [-0.4, -0.2) is 55.3 Å². The molecule has 0 amide bonds. The Bertz CT molecular complexity index is 194. The zero-order valence-electron chi connectivity index (χ0n) is 10.7. The number of piperidine rings is 1. The molecule has 0 aromatic heterocycles. The first-order valence-electron chi connectivity index (χ1n) is 5.94. The summed E-state index contributed by atoms with van der Waals surface area (Å²) in [6.45, 7) is 8.22. The molecule has 3 heteroatoms. The Kier molecular flexibility index (Phi) is 4.94. The quantitative estimate of drug-likeness (QED) is 0.738. The molecule has 1 heterocycles. The molecule has 0 radical (unpaired) electrons. The third-order valence-electron chi connectivity index (χ3n) is 3.33. The molecule has 15 heavy (non-hydrogen) atoms. The molecule has 0 aromatic carbocycles. The fourth-order valence-electron chi connectivity index (χ4n) is 2.35. The van der Waals surface area contributed by atoms with Crippen LogP contribution in [0.15, 0.2) is 0 Å². The van der Waals surface area contributed by atoms with Gasteiger partial charge in [-0.1, -0.05) is 13.8 Å². The molecule has 1 saturated heterocycles. The minimum Gasteiger partial charge on any atom is -0.305 e. The Morgan fingerprint density at radius 1 is 1.47 bits per heavy atom. The van der Waals surface area contributed by atoms with Crippen molar-refractivity contribution < 1.29 is 0 Å². The summed E-state index contributed by atoms with van der Waals surface area (Å²) in [6.07, 6.45) is 2.69. The van der Waals surface area contributed by atoms with Crippen LogP contribution in [0.1, 0.15) is 26.7 Å². The van der Waals surface area contributed by atoms with Crippen molar-refractivity contribution in [3.8, 4) is 0 Å². The smallest absolute Gasteiger partial charge is 0.0220 e. The molecule has 0 spiro atoms. The van der Waals surface area contributed by atoms with Gasteiger partial charge in [-0.25, -0.2) is 0 Å². The Morgan fingerprint density at radius 3 is 2.67 bits per heavy atom. The van der Waals surface area contributed by atoms with Crippen LogP contribution < -0.4 is 0 Å². The first-order chi connectivity index (χ1) is 6.94. The first-order valence-corrected chi connectivity index (χ1v) is 6.57. The van der Waals surface area contributed by atoms with E-state index in [1.54, 1.807) is 0 Å². The molecular formula is C12H26N2S. The van der Waals surface area contributed by atoms with Gasteiger partial charge in [0, 0.05) is 19.1 Å². The number of rotatable bonds is 4. The van der Waals surface area contributed by atoms with Gasteiger partial charge in [-0.15, -0.1) is 0 Å². The Morgan fingerprint density at radius 2 is 2.13 bits per heavy atom. The molecule has 0 aliphatic carbocycles. The summed E-state index contributed by atoms with van der Waals surface area (Å²) in [4.78, 5) is 4.96. The van der Waals surface area contributed by atoms with E-state index in [9.17, 15) is 0 Å². The molecule has 1 aliphatic heterocycles. The van der Waals surface area contributed by atoms with E-state index in [1.807, 2.05) is 0 Å². The molecule has 90 valence electrons. The topological polar surface area (TPSA) is 6.48 Å². The number of nitrogens with zero attached hydrogens (tertiary/aromatic N) is 2. The van der Waals surface area contributed by atoms with Crippen LogP contribution in [0, 0.1) is 5.41 Å². The van der Waals surface area contributed by atoms with Crippen LogP contribution in [0.5, 0.6) is 0 Å². The normalized spacial score (nSPS) is 24.8. The third-order valence-corrected chi connectivity index (χ3v) is 4.18. The second kappa shape index (κ2) is 5.55. The van der Waals surface area contributed by atoms with Crippen LogP contribution in [0.25, 0.3) is 0 Å². The van der Waals surface area contributed by atoms with Crippen molar-refractivity contribution in [2.45, 2.75) is 32.7 Å². The van der Waals surface area contributed by atoms with Crippen LogP contribution in [-0.2, 0) is 0 Å². The predicted octanol–water partition coefficient (Wildman–Crippen LogP) is 1.97. The van der Waals surface area contributed by atoms with Gasteiger partial charge in [0.25, 0.3) is 0 Å². The van der Waals surface area contributed by atoms with Crippen LogP contribution in [0.3, 0.4) is 0 Å². The Hall–Kier alpha value is 0.270. The van der Waals surface area contributed by atoms with E-state index < -0.39 is 0 Å². The molecule has 0 aromatic rings. The fourth-order valence-corrected chi connectivity index (χ4v) is 2.45. The predicted molar refractivity (Wildman–Crippen MR) is 70.8 cm³/mol. The zero-order chi connectivity index (χ0) is 11.5. The number of hydrogen-bond acceptors (Lipinski definition) is 3. The maximum atomic E-state index is 4.42. The molecule has 0 saturated carbocycles. The maximum Gasteiger partial charge on any atom is 0.0220 e. The lowest BCUT2D eigenvalue weighted by atomic mass is 9.94. The fraction of sp³-hybridized carbons (Fsp3) is 1.00. The Labute approximate surface area is 100 Å². The maximum absolute atomic E-state index is 4.42. The summed E-state index contributed by atoms with van der Waals surface area (Å²) < 4.78 is 0. The van der Waals surface area contributed by atoms with Crippen molar-refractivity contribution in [3.05, 3.63) is 0 Å². The summed E-state index contributed by atoms with van der Waals surface area (Å²) in [7, 11) is 4.48. The molecule has 2 nitrogen and oxygen atoms in total. The zero-order valence-corrected chi connectivity index (χ0v) is 11.6. The van der Waals surface area contributed by atoms with Gasteiger partial charge in [0.2, 0.25) is 0 Å². The highest BCUT2D eigenvalue weighted by atomic mass is 32.1. The SMILES string of the molecule is CN1CCCC(N(C)CC(C)(C)CS)C1. The average molecular weight is 230 g/mol. The van der Waals surface area contributed by atoms with Crippen LogP contribution in [0.4, 0.5) is 0 Å². The van der Waals surface area contributed by atoms with E-state index in [0.717, 1.165) is 18.3 Å². The highest BCUT2D eigenvalue weighted by Crippen LogP contribution is 2.21. The molecule has 1 atom stereocenters. The summed E-state index contributed by atoms with van der Waals surface area (Å²) in [5.41, 5.74) is 0.327. The summed E-state index contributed by atoms with van der Waals surface area (Å²) >= 11 is 4.42. The lowest BCUT2D eigenvalue weighted by Gasteiger charge is -2.39. The van der Waals surface area contributed by atoms with Crippen molar-refractivity contribution in [1.29, 1.82) is 0 Å². The molecule has 1 rings (SSSR count). The summed E-state index contributed by atoms with van der Waals surface area (Å²) in [5.74, 6) is 0.958. The van der Waals surface area contributed by atoms with E-state index in [2.05, 4.69) is 50.4 Å². The molecule has 1 unspecified atom stereocenters. The van der Waals surface area contributed by atoms with E-state index in [4.69, 9.17) is 0 Å². The molecule has 0 bridgehead atoms. The summed E-state index contributed by atoms with van der Waals surface area (Å²) in [5, 5.41) is 0. The van der Waals surface area contributed by atoms with Crippen LogP contribution in [0.2, 0.25) is 0 Å². The summed E-state index contributed by atoms with van der Waals surface area (Å²) in [6, 6.07) is 0.739. The minimum atomic E-state index is 0.327. The molecule has 1 fully saturated rings. The van der Waals surface area contributed by atoms with Crippen molar-refractivity contribution in [2.24, 2.45) is 5.41 Å². The Balaban J connectivity index is 2.42. The van der Waals surface area contributed by atoms with Gasteiger partial charge in [0.1, 0.15) is 0 Å². The van der Waals surface area contributed by atoms with Gasteiger partial charge in [-0.3, -0.25) is 0 Å². The van der Waals surface area contributed by atoms with E-state index in [-0.39, 0.29) is 0 Å². The van der Waals surface area contributed by atoms with Crippen molar-refractivity contribution in [2.75, 3.05) is 39.5 Å². The highest BCUT2D eigenvalue weighted by Gasteiger charge is 2.25. The number of likely N-dealkylation sites (N-methyl/N-ethyl adjacent to an activating group) is 2. The second-order valence-corrected chi connectivity index (χ2v) is 6.11. The largest absolute Gasteiger partial charge is 0.305 e. The van der Waals surface area contributed by atoms with Gasteiger partial charge in [0.15, 0.2) is 0 Å².